The molecule has 9 heteroatoms. The Labute approximate surface area is 244 Å². The third-order valence-electron chi connectivity index (χ3n) is 7.32. The number of imidazole rings is 1. The normalized spacial score (nSPS) is 13.4. The Bertz CT molecular complexity index is 1720. The largest absolute Gasteiger partial charge is 0.378 e. The number of amides is 2. The van der Waals surface area contributed by atoms with Crippen LogP contribution in [0.5, 0.6) is 0 Å². The second-order valence-electron chi connectivity index (χ2n) is 10.6. The summed E-state index contributed by atoms with van der Waals surface area (Å²) in [5, 5.41) is 6.36. The van der Waals surface area contributed by atoms with Gasteiger partial charge in [-0.3, -0.25) is 9.59 Å². The van der Waals surface area contributed by atoms with E-state index in [4.69, 9.17) is 9.72 Å². The van der Waals surface area contributed by atoms with E-state index in [1.165, 1.54) is 5.56 Å². The lowest BCUT2D eigenvalue weighted by molar-refractivity contribution is 0.0303. The van der Waals surface area contributed by atoms with Crippen molar-refractivity contribution in [1.82, 2.24) is 19.3 Å². The molecule has 1 aliphatic rings. The lowest BCUT2D eigenvalue weighted by Crippen LogP contribution is -2.40. The molecular formula is C33H32N6O3. The maximum absolute atomic E-state index is 12.9. The van der Waals surface area contributed by atoms with E-state index in [2.05, 4.69) is 29.5 Å². The van der Waals surface area contributed by atoms with E-state index in [9.17, 15) is 9.59 Å². The summed E-state index contributed by atoms with van der Waals surface area (Å²) in [6.07, 6.45) is 5.49. The lowest BCUT2D eigenvalue weighted by atomic mass is 10.0. The number of nitrogens with zero attached hydrogens (tertiary/aromatic N) is 4. The van der Waals surface area contributed by atoms with Crippen molar-refractivity contribution in [3.63, 3.8) is 0 Å². The van der Waals surface area contributed by atoms with Gasteiger partial charge in [-0.2, -0.15) is 0 Å². The van der Waals surface area contributed by atoms with Gasteiger partial charge in [0.05, 0.1) is 18.9 Å². The minimum absolute atomic E-state index is 0.000153. The summed E-state index contributed by atoms with van der Waals surface area (Å²) in [5.74, 6) is 0.811. The first-order valence-corrected chi connectivity index (χ1v) is 14.0. The van der Waals surface area contributed by atoms with Crippen LogP contribution in [-0.4, -0.2) is 57.4 Å². The first-order valence-electron chi connectivity index (χ1n) is 14.0. The Morgan fingerprint density at radius 2 is 1.64 bits per heavy atom. The molecule has 2 N–H and O–H groups in total. The Hall–Kier alpha value is -5.02. The molecular weight excluding hydrogens is 528 g/mol. The van der Waals surface area contributed by atoms with Gasteiger partial charge in [-0.25, -0.2) is 9.97 Å². The van der Waals surface area contributed by atoms with Crippen LogP contribution in [0.15, 0.2) is 91.4 Å². The summed E-state index contributed by atoms with van der Waals surface area (Å²) in [6.45, 7) is 6.59. The van der Waals surface area contributed by atoms with E-state index in [0.717, 1.165) is 11.3 Å². The van der Waals surface area contributed by atoms with Crippen molar-refractivity contribution in [2.45, 2.75) is 19.8 Å². The van der Waals surface area contributed by atoms with Gasteiger partial charge in [0.2, 0.25) is 0 Å². The molecule has 0 radical (unpaired) electrons. The summed E-state index contributed by atoms with van der Waals surface area (Å²) < 4.78 is 7.26. The van der Waals surface area contributed by atoms with Crippen molar-refractivity contribution in [3.8, 4) is 11.3 Å². The van der Waals surface area contributed by atoms with Gasteiger partial charge in [0, 0.05) is 59.7 Å². The zero-order valence-corrected chi connectivity index (χ0v) is 23.6. The smallest absolute Gasteiger partial charge is 0.255 e. The highest BCUT2D eigenvalue weighted by atomic mass is 16.5. The van der Waals surface area contributed by atoms with Gasteiger partial charge >= 0.3 is 0 Å². The number of anilines is 3. The molecule has 3 heterocycles. The molecule has 2 aromatic heterocycles. The predicted octanol–water partition coefficient (Wildman–Crippen LogP) is 5.99. The molecule has 3 aromatic carbocycles. The number of carbonyl (C=O) groups is 2. The number of fused-ring (bicyclic) bond motifs is 1. The van der Waals surface area contributed by atoms with Gasteiger partial charge in [-0.15, -0.1) is 0 Å². The number of morpholine rings is 1. The highest BCUT2D eigenvalue weighted by molar-refractivity contribution is 6.04. The monoisotopic (exact) mass is 560 g/mol. The summed E-state index contributed by atoms with van der Waals surface area (Å²) in [4.78, 5) is 36.9. The Morgan fingerprint density at radius 3 is 2.38 bits per heavy atom. The average molecular weight is 561 g/mol. The van der Waals surface area contributed by atoms with E-state index in [0.29, 0.717) is 66.2 Å². The molecule has 0 spiro atoms. The van der Waals surface area contributed by atoms with Crippen molar-refractivity contribution in [2.75, 3.05) is 36.9 Å². The van der Waals surface area contributed by atoms with Gasteiger partial charge in [0.25, 0.3) is 11.8 Å². The summed E-state index contributed by atoms with van der Waals surface area (Å²) in [6, 6.07) is 22.7. The van der Waals surface area contributed by atoms with Crippen LogP contribution < -0.4 is 10.6 Å². The maximum Gasteiger partial charge on any atom is 0.255 e. The first-order chi connectivity index (χ1) is 20.4. The van der Waals surface area contributed by atoms with Crippen LogP contribution >= 0.6 is 0 Å². The zero-order chi connectivity index (χ0) is 29.1. The summed E-state index contributed by atoms with van der Waals surface area (Å²) in [5.41, 5.74) is 6.10. The highest BCUT2D eigenvalue weighted by Gasteiger charge is 2.18. The molecule has 1 saturated heterocycles. The molecule has 6 rings (SSSR count). The van der Waals surface area contributed by atoms with Crippen LogP contribution in [0.2, 0.25) is 0 Å². The minimum Gasteiger partial charge on any atom is -0.378 e. The van der Waals surface area contributed by atoms with Crippen LogP contribution in [-0.2, 0) is 4.74 Å². The second kappa shape index (κ2) is 11.8. The standard InChI is InChI=1S/C33H32N6O3/c1-22(2)23-6-8-24(9-7-23)32(40)36-28-5-3-4-26(20-28)29-21-39-15-14-34-31(39)30(37-29)35-27-12-10-25(11-13-27)33(41)38-16-18-42-19-17-38/h3-15,20-22H,16-19H2,1-2H3,(H,35,37)(H,36,40). The SMILES string of the molecule is CC(C)c1ccc(C(=O)Nc2cccc(-c3cn4ccnc4c(Nc4ccc(C(=O)N5CCOCC5)cc4)n3)c2)cc1. The lowest BCUT2D eigenvalue weighted by Gasteiger charge is -2.26. The number of hydrogen-bond acceptors (Lipinski definition) is 6. The number of hydrogen-bond donors (Lipinski definition) is 2. The van der Waals surface area contributed by atoms with Gasteiger partial charge in [0.1, 0.15) is 0 Å². The molecule has 0 aliphatic carbocycles. The van der Waals surface area contributed by atoms with E-state index in [-0.39, 0.29) is 11.8 Å². The molecule has 1 aliphatic heterocycles. The minimum atomic E-state index is -0.168. The van der Waals surface area contributed by atoms with Gasteiger partial charge in [0.15, 0.2) is 11.5 Å². The Balaban J connectivity index is 1.21. The first kappa shape index (κ1) is 27.2. The maximum atomic E-state index is 12.9. The Kier molecular flexibility index (Phi) is 7.66. The van der Waals surface area contributed by atoms with Crippen molar-refractivity contribution in [2.24, 2.45) is 0 Å². The average Bonchev–Trinajstić information content (AvgIpc) is 3.51. The fourth-order valence-electron chi connectivity index (χ4n) is 4.92. The van der Waals surface area contributed by atoms with Crippen molar-refractivity contribution >= 4 is 34.7 Å². The second-order valence-corrected chi connectivity index (χ2v) is 10.6. The van der Waals surface area contributed by atoms with Crippen LogP contribution in [0.3, 0.4) is 0 Å². The van der Waals surface area contributed by atoms with E-state index in [1.54, 1.807) is 6.20 Å². The van der Waals surface area contributed by atoms with Crippen LogP contribution in [0.25, 0.3) is 16.9 Å². The molecule has 212 valence electrons. The molecule has 0 saturated carbocycles. The Morgan fingerprint density at radius 1 is 0.905 bits per heavy atom. The molecule has 9 nitrogen and oxygen atoms in total. The van der Waals surface area contributed by atoms with E-state index in [1.807, 2.05) is 94.5 Å². The van der Waals surface area contributed by atoms with E-state index >= 15 is 0 Å². The number of rotatable bonds is 7. The number of ether oxygens (including phenoxy) is 1. The van der Waals surface area contributed by atoms with Crippen LogP contribution in [0.4, 0.5) is 17.2 Å². The summed E-state index contributed by atoms with van der Waals surface area (Å²) in [7, 11) is 0. The molecule has 1 fully saturated rings. The quantitative estimate of drug-likeness (QED) is 0.254. The van der Waals surface area contributed by atoms with Gasteiger partial charge < -0.3 is 24.7 Å². The van der Waals surface area contributed by atoms with Crippen molar-refractivity contribution < 1.29 is 14.3 Å². The molecule has 0 unspecified atom stereocenters. The van der Waals surface area contributed by atoms with E-state index < -0.39 is 0 Å². The number of benzene rings is 3. The molecule has 0 bridgehead atoms. The predicted molar refractivity (Wildman–Crippen MR) is 163 cm³/mol. The summed E-state index contributed by atoms with van der Waals surface area (Å²) >= 11 is 0. The fraction of sp³-hybridized carbons (Fsp3) is 0.212. The number of nitrogens with one attached hydrogen (secondary N) is 2. The van der Waals surface area contributed by atoms with Crippen LogP contribution in [0, 0.1) is 0 Å². The third kappa shape index (κ3) is 5.87. The molecule has 5 aromatic rings. The van der Waals surface area contributed by atoms with Gasteiger partial charge in [-0.05, 0) is 60.0 Å². The van der Waals surface area contributed by atoms with Crippen molar-refractivity contribution in [1.29, 1.82) is 0 Å². The number of aromatic nitrogens is 3. The zero-order valence-electron chi connectivity index (χ0n) is 23.6. The molecule has 0 atom stereocenters. The molecule has 42 heavy (non-hydrogen) atoms. The van der Waals surface area contributed by atoms with Crippen LogP contribution in [0.1, 0.15) is 46.0 Å². The van der Waals surface area contributed by atoms with Crippen molar-refractivity contribution in [3.05, 3.63) is 108 Å². The highest BCUT2D eigenvalue weighted by Crippen LogP contribution is 2.27. The molecule has 2 amide bonds. The number of carbonyl (C=O) groups excluding carboxylic acids is 2. The third-order valence-corrected chi connectivity index (χ3v) is 7.32. The van der Waals surface area contributed by atoms with Gasteiger partial charge in [-0.1, -0.05) is 38.1 Å². The topological polar surface area (TPSA) is 101 Å². The fourth-order valence-corrected chi connectivity index (χ4v) is 4.92.